The molecule has 1 saturated heterocycles. The Labute approximate surface area is 115 Å². The number of hydrogen-bond acceptors (Lipinski definition) is 3. The zero-order chi connectivity index (χ0) is 14.0. The molecule has 1 aromatic rings. The topological polar surface area (TPSA) is 38.1 Å². The minimum atomic E-state index is -0.363. The SMILES string of the molecule is Cc1cc(CC(=O)C(C)(C)N2CCCCC2)n(C)n1. The van der Waals surface area contributed by atoms with Gasteiger partial charge in [-0.25, -0.2) is 0 Å². The third-order valence-electron chi connectivity index (χ3n) is 4.27. The van der Waals surface area contributed by atoms with E-state index in [1.54, 1.807) is 0 Å². The first-order valence-electron chi connectivity index (χ1n) is 7.19. The van der Waals surface area contributed by atoms with Crippen LogP contribution >= 0.6 is 0 Å². The molecule has 0 atom stereocenters. The average Bonchev–Trinajstić information content (AvgIpc) is 2.69. The van der Waals surface area contributed by atoms with Crippen LogP contribution in [0.4, 0.5) is 0 Å². The Kier molecular flexibility index (Phi) is 4.09. The molecule has 0 amide bonds. The van der Waals surface area contributed by atoms with E-state index in [9.17, 15) is 4.79 Å². The molecule has 4 heteroatoms. The number of Topliss-reactive ketones (excluding diaryl/α,β-unsaturated/α-hetero) is 1. The van der Waals surface area contributed by atoms with Gasteiger partial charge < -0.3 is 0 Å². The molecule has 1 fully saturated rings. The van der Waals surface area contributed by atoms with Crippen LogP contribution in [-0.4, -0.2) is 39.1 Å². The standard InChI is InChI=1S/C15H25N3O/c1-12-10-13(17(4)16-12)11-14(19)15(2,3)18-8-6-5-7-9-18/h10H,5-9,11H2,1-4H3. The Bertz CT molecular complexity index is 456. The summed E-state index contributed by atoms with van der Waals surface area (Å²) in [7, 11) is 1.91. The molecule has 0 saturated carbocycles. The number of carbonyl (C=O) groups excluding carboxylic acids is 1. The Hall–Kier alpha value is -1.16. The first-order valence-corrected chi connectivity index (χ1v) is 7.19. The van der Waals surface area contributed by atoms with Crippen LogP contribution in [0, 0.1) is 6.92 Å². The molecule has 4 nitrogen and oxygen atoms in total. The summed E-state index contributed by atoms with van der Waals surface area (Å²) in [5.41, 5.74) is 1.62. The largest absolute Gasteiger partial charge is 0.297 e. The molecule has 1 aromatic heterocycles. The maximum Gasteiger partial charge on any atom is 0.158 e. The van der Waals surface area contributed by atoms with Crippen molar-refractivity contribution in [3.63, 3.8) is 0 Å². The average molecular weight is 263 g/mol. The third kappa shape index (κ3) is 3.06. The summed E-state index contributed by atoms with van der Waals surface area (Å²) in [4.78, 5) is 14.9. The lowest BCUT2D eigenvalue weighted by Gasteiger charge is -2.39. The fraction of sp³-hybridized carbons (Fsp3) is 0.733. The number of aryl methyl sites for hydroxylation is 2. The second kappa shape index (κ2) is 5.45. The molecule has 106 valence electrons. The molecule has 0 unspecified atom stereocenters. The maximum atomic E-state index is 12.6. The van der Waals surface area contributed by atoms with E-state index in [2.05, 4.69) is 23.8 Å². The summed E-state index contributed by atoms with van der Waals surface area (Å²) in [6.45, 7) is 8.17. The van der Waals surface area contributed by atoms with Crippen LogP contribution in [0.15, 0.2) is 6.07 Å². The molecule has 2 heterocycles. The zero-order valence-corrected chi connectivity index (χ0v) is 12.6. The Balaban J connectivity index is 2.07. The Morgan fingerprint density at radius 1 is 1.32 bits per heavy atom. The fourth-order valence-electron chi connectivity index (χ4n) is 2.84. The van der Waals surface area contributed by atoms with Gasteiger partial charge in [0.05, 0.1) is 17.7 Å². The predicted molar refractivity (Wildman–Crippen MR) is 76.2 cm³/mol. The van der Waals surface area contributed by atoms with Crippen molar-refractivity contribution in [2.75, 3.05) is 13.1 Å². The van der Waals surface area contributed by atoms with Crippen molar-refractivity contribution >= 4 is 5.78 Å². The first kappa shape index (κ1) is 14.3. The van der Waals surface area contributed by atoms with Gasteiger partial charge >= 0.3 is 0 Å². The molecule has 19 heavy (non-hydrogen) atoms. The Morgan fingerprint density at radius 2 is 1.95 bits per heavy atom. The van der Waals surface area contributed by atoms with E-state index in [0.29, 0.717) is 6.42 Å². The number of piperidine rings is 1. The van der Waals surface area contributed by atoms with Crippen molar-refractivity contribution in [1.82, 2.24) is 14.7 Å². The lowest BCUT2D eigenvalue weighted by atomic mass is 9.91. The highest BCUT2D eigenvalue weighted by molar-refractivity contribution is 5.89. The number of ketones is 1. The lowest BCUT2D eigenvalue weighted by Crippen LogP contribution is -2.52. The van der Waals surface area contributed by atoms with Crippen LogP contribution < -0.4 is 0 Å². The minimum absolute atomic E-state index is 0.289. The van der Waals surface area contributed by atoms with E-state index in [4.69, 9.17) is 0 Å². The van der Waals surface area contributed by atoms with Gasteiger partial charge in [-0.15, -0.1) is 0 Å². The fourth-order valence-corrected chi connectivity index (χ4v) is 2.84. The number of carbonyl (C=O) groups is 1. The molecule has 2 rings (SSSR count). The molecule has 0 bridgehead atoms. The normalized spacial score (nSPS) is 17.7. The van der Waals surface area contributed by atoms with Crippen molar-refractivity contribution in [3.8, 4) is 0 Å². The van der Waals surface area contributed by atoms with E-state index in [1.165, 1.54) is 19.3 Å². The van der Waals surface area contributed by atoms with Crippen molar-refractivity contribution < 1.29 is 4.79 Å². The van der Waals surface area contributed by atoms with Gasteiger partial charge in [-0.2, -0.15) is 5.10 Å². The summed E-state index contributed by atoms with van der Waals surface area (Å²) in [6.07, 6.45) is 4.19. The smallest absolute Gasteiger partial charge is 0.158 e. The van der Waals surface area contributed by atoms with Crippen LogP contribution in [0.25, 0.3) is 0 Å². The van der Waals surface area contributed by atoms with E-state index in [0.717, 1.165) is 24.5 Å². The predicted octanol–water partition coefficient (Wildman–Crippen LogP) is 2.10. The summed E-state index contributed by atoms with van der Waals surface area (Å²) in [6, 6.07) is 2.00. The first-order chi connectivity index (χ1) is 8.91. The van der Waals surface area contributed by atoms with Crippen LogP contribution in [0.2, 0.25) is 0 Å². The van der Waals surface area contributed by atoms with Gasteiger partial charge in [0.15, 0.2) is 5.78 Å². The van der Waals surface area contributed by atoms with Crippen LogP contribution in [0.5, 0.6) is 0 Å². The van der Waals surface area contributed by atoms with Gasteiger partial charge in [0.25, 0.3) is 0 Å². The molecular weight excluding hydrogens is 238 g/mol. The highest BCUT2D eigenvalue weighted by Crippen LogP contribution is 2.23. The monoisotopic (exact) mass is 263 g/mol. The summed E-state index contributed by atoms with van der Waals surface area (Å²) < 4.78 is 1.82. The number of aromatic nitrogens is 2. The molecule has 1 aliphatic rings. The van der Waals surface area contributed by atoms with Crippen molar-refractivity contribution in [2.45, 2.75) is 52.0 Å². The number of rotatable bonds is 4. The third-order valence-corrected chi connectivity index (χ3v) is 4.27. The van der Waals surface area contributed by atoms with Gasteiger partial charge in [-0.3, -0.25) is 14.4 Å². The maximum absolute atomic E-state index is 12.6. The van der Waals surface area contributed by atoms with E-state index in [-0.39, 0.29) is 11.3 Å². The number of likely N-dealkylation sites (tertiary alicyclic amines) is 1. The molecule has 0 spiro atoms. The summed E-state index contributed by atoms with van der Waals surface area (Å²) in [5.74, 6) is 0.289. The molecule has 0 N–H and O–H groups in total. The molecule has 0 aliphatic carbocycles. The molecular formula is C15H25N3O. The van der Waals surface area contributed by atoms with Crippen LogP contribution in [0.1, 0.15) is 44.5 Å². The highest BCUT2D eigenvalue weighted by atomic mass is 16.1. The van der Waals surface area contributed by atoms with Crippen molar-refractivity contribution in [2.24, 2.45) is 7.05 Å². The molecule has 1 aliphatic heterocycles. The minimum Gasteiger partial charge on any atom is -0.297 e. The van der Waals surface area contributed by atoms with Crippen LogP contribution in [-0.2, 0) is 18.3 Å². The van der Waals surface area contributed by atoms with Crippen LogP contribution in [0.3, 0.4) is 0 Å². The van der Waals surface area contributed by atoms with E-state index in [1.807, 2.05) is 24.7 Å². The van der Waals surface area contributed by atoms with E-state index < -0.39 is 0 Å². The number of nitrogens with zero attached hydrogens (tertiary/aromatic N) is 3. The lowest BCUT2D eigenvalue weighted by molar-refractivity contribution is -0.129. The summed E-state index contributed by atoms with van der Waals surface area (Å²) in [5, 5.41) is 4.31. The van der Waals surface area contributed by atoms with E-state index >= 15 is 0 Å². The van der Waals surface area contributed by atoms with Gasteiger partial charge in [0, 0.05) is 12.7 Å². The second-order valence-corrected chi connectivity index (χ2v) is 6.11. The Morgan fingerprint density at radius 3 is 2.47 bits per heavy atom. The van der Waals surface area contributed by atoms with Crippen molar-refractivity contribution in [3.05, 3.63) is 17.5 Å². The zero-order valence-electron chi connectivity index (χ0n) is 12.6. The van der Waals surface area contributed by atoms with Gasteiger partial charge in [0.2, 0.25) is 0 Å². The van der Waals surface area contributed by atoms with Gasteiger partial charge in [-0.1, -0.05) is 6.42 Å². The highest BCUT2D eigenvalue weighted by Gasteiger charge is 2.35. The molecule has 0 aromatic carbocycles. The summed E-state index contributed by atoms with van der Waals surface area (Å²) >= 11 is 0. The molecule has 0 radical (unpaired) electrons. The number of hydrogen-bond donors (Lipinski definition) is 0. The quantitative estimate of drug-likeness (QED) is 0.835. The van der Waals surface area contributed by atoms with Crippen molar-refractivity contribution in [1.29, 1.82) is 0 Å². The second-order valence-electron chi connectivity index (χ2n) is 6.11. The van der Waals surface area contributed by atoms with Gasteiger partial charge in [0.1, 0.15) is 0 Å². The van der Waals surface area contributed by atoms with Gasteiger partial charge in [-0.05, 0) is 52.8 Å².